The molecule has 0 amide bonds. The summed E-state index contributed by atoms with van der Waals surface area (Å²) < 4.78 is 0.910. The molecular formula is C9H14BrN3S. The van der Waals surface area contributed by atoms with Crippen molar-refractivity contribution in [2.24, 2.45) is 11.7 Å². The highest BCUT2D eigenvalue weighted by Gasteiger charge is 2.26. The summed E-state index contributed by atoms with van der Waals surface area (Å²) in [7, 11) is 0. The van der Waals surface area contributed by atoms with Crippen LogP contribution in [0.5, 0.6) is 0 Å². The quantitative estimate of drug-likeness (QED) is 0.891. The summed E-state index contributed by atoms with van der Waals surface area (Å²) in [6.45, 7) is 0.782. The number of nitrogens with two attached hydrogens (primary N) is 1. The Hall–Kier alpha value is -0.130. The van der Waals surface area contributed by atoms with Gasteiger partial charge >= 0.3 is 0 Å². The summed E-state index contributed by atoms with van der Waals surface area (Å²) in [4.78, 5) is 4.33. The summed E-state index contributed by atoms with van der Waals surface area (Å²) in [6.07, 6.45) is 3.76. The van der Waals surface area contributed by atoms with E-state index < -0.39 is 0 Å². The molecule has 1 aromatic heterocycles. The second-order valence-electron chi connectivity index (χ2n) is 3.65. The molecule has 78 valence electrons. The fourth-order valence-electron chi connectivity index (χ4n) is 1.99. The molecule has 2 rings (SSSR count). The molecule has 0 bridgehead atoms. The molecule has 1 aromatic rings. The Kier molecular flexibility index (Phi) is 3.41. The molecule has 14 heavy (non-hydrogen) atoms. The number of rotatable bonds is 3. The van der Waals surface area contributed by atoms with Crippen molar-refractivity contribution >= 4 is 32.4 Å². The van der Waals surface area contributed by atoms with Crippen molar-refractivity contribution in [2.75, 3.05) is 11.9 Å². The second-order valence-corrected chi connectivity index (χ2v) is 5.32. The summed E-state index contributed by atoms with van der Waals surface area (Å²) in [5.74, 6) is 0.623. The van der Waals surface area contributed by atoms with Gasteiger partial charge in [0.15, 0.2) is 5.13 Å². The molecule has 3 N–H and O–H groups in total. The maximum absolute atomic E-state index is 5.72. The molecule has 2 atom stereocenters. The standard InChI is InChI=1S/C9H14BrN3S/c10-8-5-14-9(13-8)12-7-3-1-2-6(7)4-11/h5-7H,1-4,11H2,(H,12,13). The zero-order valence-electron chi connectivity index (χ0n) is 7.87. The highest BCUT2D eigenvalue weighted by Crippen LogP contribution is 2.29. The fourth-order valence-corrected chi connectivity index (χ4v) is 3.20. The minimum Gasteiger partial charge on any atom is -0.358 e. The molecular weight excluding hydrogens is 262 g/mol. The Balaban J connectivity index is 1.96. The van der Waals surface area contributed by atoms with Gasteiger partial charge in [0.1, 0.15) is 4.60 Å². The average molecular weight is 276 g/mol. The van der Waals surface area contributed by atoms with Gasteiger partial charge in [-0.1, -0.05) is 6.42 Å². The topological polar surface area (TPSA) is 50.9 Å². The molecule has 0 saturated heterocycles. The summed E-state index contributed by atoms with van der Waals surface area (Å²) in [5.41, 5.74) is 5.72. The number of halogens is 1. The highest BCUT2D eigenvalue weighted by molar-refractivity contribution is 9.10. The zero-order chi connectivity index (χ0) is 9.97. The van der Waals surface area contributed by atoms with Gasteiger partial charge in [-0.3, -0.25) is 0 Å². The Morgan fingerprint density at radius 2 is 2.50 bits per heavy atom. The number of nitrogens with one attached hydrogen (secondary N) is 1. The first-order valence-electron chi connectivity index (χ1n) is 4.87. The first-order chi connectivity index (χ1) is 6.79. The van der Waals surface area contributed by atoms with E-state index in [2.05, 4.69) is 26.2 Å². The third-order valence-corrected chi connectivity index (χ3v) is 4.23. The first-order valence-corrected chi connectivity index (χ1v) is 6.54. The van der Waals surface area contributed by atoms with Crippen LogP contribution >= 0.6 is 27.3 Å². The molecule has 3 nitrogen and oxygen atoms in total. The van der Waals surface area contributed by atoms with Gasteiger partial charge < -0.3 is 11.1 Å². The van der Waals surface area contributed by atoms with Crippen LogP contribution in [0.4, 0.5) is 5.13 Å². The Morgan fingerprint density at radius 3 is 3.14 bits per heavy atom. The van der Waals surface area contributed by atoms with E-state index in [1.807, 2.05) is 5.38 Å². The maximum Gasteiger partial charge on any atom is 0.183 e. The zero-order valence-corrected chi connectivity index (χ0v) is 10.3. The lowest BCUT2D eigenvalue weighted by atomic mass is 10.0. The first kappa shape index (κ1) is 10.4. The van der Waals surface area contributed by atoms with Crippen molar-refractivity contribution in [2.45, 2.75) is 25.3 Å². The molecule has 0 radical (unpaired) electrons. The Bertz CT molecular complexity index is 302. The lowest BCUT2D eigenvalue weighted by molar-refractivity contribution is 0.516. The van der Waals surface area contributed by atoms with Gasteiger partial charge in [-0.2, -0.15) is 0 Å². The minimum absolute atomic E-state index is 0.526. The minimum atomic E-state index is 0.526. The smallest absolute Gasteiger partial charge is 0.183 e. The normalized spacial score (nSPS) is 26.7. The SMILES string of the molecule is NCC1CCCC1Nc1nc(Br)cs1. The van der Waals surface area contributed by atoms with Gasteiger partial charge in [-0.25, -0.2) is 4.98 Å². The Labute approximate surface area is 96.2 Å². The van der Waals surface area contributed by atoms with Crippen LogP contribution in [0.3, 0.4) is 0 Å². The molecule has 2 unspecified atom stereocenters. The Morgan fingerprint density at radius 1 is 1.64 bits per heavy atom. The fraction of sp³-hybridized carbons (Fsp3) is 0.667. The van der Waals surface area contributed by atoms with E-state index in [1.165, 1.54) is 19.3 Å². The second kappa shape index (κ2) is 4.59. The molecule has 1 heterocycles. The van der Waals surface area contributed by atoms with Crippen LogP contribution in [-0.4, -0.2) is 17.6 Å². The molecule has 1 aliphatic rings. The lowest BCUT2D eigenvalue weighted by Gasteiger charge is -2.18. The molecule has 1 aliphatic carbocycles. The third kappa shape index (κ3) is 2.27. The van der Waals surface area contributed by atoms with Crippen molar-refractivity contribution in [3.05, 3.63) is 9.98 Å². The van der Waals surface area contributed by atoms with Crippen LogP contribution in [0.1, 0.15) is 19.3 Å². The van der Waals surface area contributed by atoms with Crippen LogP contribution in [0, 0.1) is 5.92 Å². The van der Waals surface area contributed by atoms with Crippen LogP contribution in [0.15, 0.2) is 9.98 Å². The summed E-state index contributed by atoms with van der Waals surface area (Å²) in [6, 6.07) is 0.526. The number of nitrogens with zero attached hydrogens (tertiary/aromatic N) is 1. The van der Waals surface area contributed by atoms with E-state index in [-0.39, 0.29) is 0 Å². The molecule has 1 fully saturated rings. The van der Waals surface area contributed by atoms with Crippen molar-refractivity contribution in [3.63, 3.8) is 0 Å². The number of anilines is 1. The van der Waals surface area contributed by atoms with E-state index in [0.717, 1.165) is 16.3 Å². The number of aromatic nitrogens is 1. The van der Waals surface area contributed by atoms with Crippen molar-refractivity contribution in [3.8, 4) is 0 Å². The van der Waals surface area contributed by atoms with Gasteiger partial charge in [0, 0.05) is 11.4 Å². The predicted octanol–water partition coefficient (Wildman–Crippen LogP) is 2.44. The van der Waals surface area contributed by atoms with Crippen LogP contribution < -0.4 is 11.1 Å². The molecule has 5 heteroatoms. The number of thiazole rings is 1. The summed E-state index contributed by atoms with van der Waals surface area (Å²) >= 11 is 4.99. The van der Waals surface area contributed by atoms with Crippen molar-refractivity contribution in [1.82, 2.24) is 4.98 Å². The maximum atomic E-state index is 5.72. The van der Waals surface area contributed by atoms with Gasteiger partial charge in [0.2, 0.25) is 0 Å². The lowest BCUT2D eigenvalue weighted by Crippen LogP contribution is -2.29. The molecule has 1 saturated carbocycles. The predicted molar refractivity (Wildman–Crippen MR) is 63.6 cm³/mol. The highest BCUT2D eigenvalue weighted by atomic mass is 79.9. The average Bonchev–Trinajstić information content (AvgIpc) is 2.76. The monoisotopic (exact) mass is 275 g/mol. The van der Waals surface area contributed by atoms with Crippen LogP contribution in [-0.2, 0) is 0 Å². The van der Waals surface area contributed by atoms with E-state index in [1.54, 1.807) is 11.3 Å². The molecule has 0 spiro atoms. The van der Waals surface area contributed by atoms with Crippen molar-refractivity contribution < 1.29 is 0 Å². The molecule has 0 aromatic carbocycles. The number of hydrogen-bond acceptors (Lipinski definition) is 4. The van der Waals surface area contributed by atoms with Gasteiger partial charge in [-0.05, 0) is 41.2 Å². The number of hydrogen-bond donors (Lipinski definition) is 2. The largest absolute Gasteiger partial charge is 0.358 e. The van der Waals surface area contributed by atoms with E-state index in [4.69, 9.17) is 5.73 Å². The third-order valence-electron chi connectivity index (χ3n) is 2.75. The van der Waals surface area contributed by atoms with E-state index >= 15 is 0 Å². The van der Waals surface area contributed by atoms with Crippen LogP contribution in [0.25, 0.3) is 0 Å². The molecule has 0 aliphatic heterocycles. The van der Waals surface area contributed by atoms with E-state index in [9.17, 15) is 0 Å². The van der Waals surface area contributed by atoms with Gasteiger partial charge in [-0.15, -0.1) is 11.3 Å². The summed E-state index contributed by atoms with van der Waals surface area (Å²) in [5, 5.41) is 6.46. The van der Waals surface area contributed by atoms with Gasteiger partial charge in [0.25, 0.3) is 0 Å². The van der Waals surface area contributed by atoms with Gasteiger partial charge in [0.05, 0.1) is 0 Å². The van der Waals surface area contributed by atoms with Crippen molar-refractivity contribution in [1.29, 1.82) is 0 Å². The van der Waals surface area contributed by atoms with E-state index in [0.29, 0.717) is 12.0 Å². The van der Waals surface area contributed by atoms with Crippen LogP contribution in [0.2, 0.25) is 0 Å².